The van der Waals surface area contributed by atoms with E-state index in [1.807, 2.05) is 48.5 Å². The number of amides is 1. The molecule has 42 heavy (non-hydrogen) atoms. The third-order valence-electron chi connectivity index (χ3n) is 7.39. The highest BCUT2D eigenvalue weighted by Gasteiger charge is 2.52. The minimum Gasteiger partial charge on any atom is -0.465 e. The molecule has 1 fully saturated rings. The molecule has 1 N–H and O–H groups in total. The summed E-state index contributed by atoms with van der Waals surface area (Å²) < 4.78 is 55.3. The Balaban J connectivity index is 1.27. The highest BCUT2D eigenvalue weighted by molar-refractivity contribution is 5.91. The molecule has 3 aromatic carbocycles. The predicted octanol–water partition coefficient (Wildman–Crippen LogP) is 8.24. The van der Waals surface area contributed by atoms with E-state index in [1.165, 1.54) is 19.1 Å². The van der Waals surface area contributed by atoms with E-state index in [0.717, 1.165) is 41.7 Å². The van der Waals surface area contributed by atoms with Crippen molar-refractivity contribution in [2.45, 2.75) is 51.3 Å². The molecule has 1 aromatic heterocycles. The fourth-order valence-corrected chi connectivity index (χ4v) is 4.84. The second kappa shape index (κ2) is 11.3. The lowest BCUT2D eigenvalue weighted by Crippen LogP contribution is -2.23. The largest absolute Gasteiger partial charge is 0.465 e. The molecular weight excluding hydrogens is 549 g/mol. The van der Waals surface area contributed by atoms with Crippen molar-refractivity contribution >= 4 is 17.7 Å². The van der Waals surface area contributed by atoms with Crippen molar-refractivity contribution in [2.24, 2.45) is 0 Å². The first-order valence-corrected chi connectivity index (χ1v) is 13.5. The monoisotopic (exact) mass is 578 g/mol. The molecule has 0 saturated heterocycles. The molecule has 1 aliphatic rings. The summed E-state index contributed by atoms with van der Waals surface area (Å²) in [6, 6.07) is 19.9. The standard InChI is InChI=1S/C32H29F3N2O5/c1-4-40-29(38)31(16-17-31)25-14-12-22(13-15-25)21-8-10-23(11-9-21)28-27(19(2)37-42-28)36-30(39)41-20(3)24-6-5-7-26(18-24)32(33,34)35/h5-15,18,20H,4,16-17H2,1-3H3,(H,36,39). The molecule has 1 aliphatic carbocycles. The summed E-state index contributed by atoms with van der Waals surface area (Å²) in [6.07, 6.45) is -4.74. The van der Waals surface area contributed by atoms with Gasteiger partial charge in [-0.25, -0.2) is 4.79 Å². The number of rotatable bonds is 8. The molecule has 0 spiro atoms. The Bertz CT molecular complexity index is 1590. The van der Waals surface area contributed by atoms with E-state index in [9.17, 15) is 22.8 Å². The molecule has 0 bridgehead atoms. The van der Waals surface area contributed by atoms with Crippen molar-refractivity contribution in [2.75, 3.05) is 11.9 Å². The molecule has 7 nitrogen and oxygen atoms in total. The second-order valence-corrected chi connectivity index (χ2v) is 10.2. The van der Waals surface area contributed by atoms with Crippen molar-refractivity contribution in [1.82, 2.24) is 5.16 Å². The van der Waals surface area contributed by atoms with Crippen LogP contribution < -0.4 is 5.32 Å². The van der Waals surface area contributed by atoms with Crippen molar-refractivity contribution < 1.29 is 36.8 Å². The maximum absolute atomic E-state index is 13.1. The maximum Gasteiger partial charge on any atom is 0.416 e. The molecule has 1 heterocycles. The van der Waals surface area contributed by atoms with Crippen LogP contribution in [0.15, 0.2) is 77.3 Å². The number of benzene rings is 3. The number of carbonyl (C=O) groups is 2. The normalized spacial score (nSPS) is 14.6. The van der Waals surface area contributed by atoms with Gasteiger partial charge in [-0.15, -0.1) is 0 Å². The zero-order chi connectivity index (χ0) is 30.1. The number of aromatic nitrogens is 1. The number of anilines is 1. The summed E-state index contributed by atoms with van der Waals surface area (Å²) in [6.45, 7) is 5.30. The summed E-state index contributed by atoms with van der Waals surface area (Å²) in [4.78, 5) is 25.1. The molecule has 5 rings (SSSR count). The van der Waals surface area contributed by atoms with E-state index in [2.05, 4.69) is 10.5 Å². The number of nitrogens with zero attached hydrogens (tertiary/aromatic N) is 1. The quantitative estimate of drug-likeness (QED) is 0.212. The number of ether oxygens (including phenoxy) is 2. The Hall–Kier alpha value is -4.60. The third-order valence-corrected chi connectivity index (χ3v) is 7.39. The first-order valence-electron chi connectivity index (χ1n) is 13.5. The van der Waals surface area contributed by atoms with Crippen LogP contribution in [0.1, 0.15) is 55.2 Å². The molecule has 4 aromatic rings. The van der Waals surface area contributed by atoms with Gasteiger partial charge >= 0.3 is 18.2 Å². The van der Waals surface area contributed by atoms with E-state index in [4.69, 9.17) is 14.0 Å². The van der Waals surface area contributed by atoms with Gasteiger partial charge in [0, 0.05) is 5.56 Å². The number of halogens is 3. The van der Waals surface area contributed by atoms with Crippen molar-refractivity contribution in [3.63, 3.8) is 0 Å². The Kier molecular flexibility index (Phi) is 7.81. The summed E-state index contributed by atoms with van der Waals surface area (Å²) in [7, 11) is 0. The van der Waals surface area contributed by atoms with Crippen LogP contribution in [0.5, 0.6) is 0 Å². The van der Waals surface area contributed by atoms with Gasteiger partial charge in [0.1, 0.15) is 17.5 Å². The molecule has 1 atom stereocenters. The van der Waals surface area contributed by atoms with Gasteiger partial charge in [0.2, 0.25) is 0 Å². The molecule has 1 saturated carbocycles. The van der Waals surface area contributed by atoms with Crippen LogP contribution in [0.2, 0.25) is 0 Å². The average Bonchev–Trinajstić information content (AvgIpc) is 3.72. The number of aryl methyl sites for hydroxylation is 1. The van der Waals surface area contributed by atoms with Gasteiger partial charge in [0.05, 0.1) is 17.6 Å². The van der Waals surface area contributed by atoms with E-state index >= 15 is 0 Å². The summed E-state index contributed by atoms with van der Waals surface area (Å²) in [5, 5.41) is 6.58. The van der Waals surface area contributed by atoms with E-state index in [1.54, 1.807) is 13.8 Å². The van der Waals surface area contributed by atoms with Crippen LogP contribution in [0, 0.1) is 6.92 Å². The van der Waals surface area contributed by atoms with Crippen LogP contribution in [0.4, 0.5) is 23.7 Å². The Morgan fingerprint density at radius 3 is 2.21 bits per heavy atom. The molecular formula is C32H29F3N2O5. The maximum atomic E-state index is 13.1. The van der Waals surface area contributed by atoms with Gasteiger partial charge in [-0.05, 0) is 68.0 Å². The highest BCUT2D eigenvalue weighted by atomic mass is 19.4. The van der Waals surface area contributed by atoms with Gasteiger partial charge in [0.15, 0.2) is 5.76 Å². The van der Waals surface area contributed by atoms with Crippen LogP contribution in [-0.2, 0) is 25.9 Å². The third kappa shape index (κ3) is 5.88. The average molecular weight is 579 g/mol. The van der Waals surface area contributed by atoms with Crippen molar-refractivity contribution in [3.05, 3.63) is 95.2 Å². The minimum absolute atomic E-state index is 0.178. The highest BCUT2D eigenvalue weighted by Crippen LogP contribution is 2.49. The second-order valence-electron chi connectivity index (χ2n) is 10.2. The molecule has 0 aliphatic heterocycles. The number of alkyl halides is 3. The molecule has 1 unspecified atom stereocenters. The van der Waals surface area contributed by atoms with Crippen LogP contribution >= 0.6 is 0 Å². The van der Waals surface area contributed by atoms with Crippen molar-refractivity contribution in [1.29, 1.82) is 0 Å². The molecule has 1 amide bonds. The summed E-state index contributed by atoms with van der Waals surface area (Å²) in [5.41, 5.74) is 3.05. The first kappa shape index (κ1) is 28.9. The Labute approximate surface area is 240 Å². The summed E-state index contributed by atoms with van der Waals surface area (Å²) in [5.74, 6) is 0.131. The van der Waals surface area contributed by atoms with Gasteiger partial charge in [-0.2, -0.15) is 13.2 Å². The smallest absolute Gasteiger partial charge is 0.416 e. The molecule has 0 radical (unpaired) electrons. The van der Waals surface area contributed by atoms with E-state index in [-0.39, 0.29) is 11.5 Å². The SMILES string of the molecule is CCOC(=O)C1(c2ccc(-c3ccc(-c4onc(C)c4NC(=O)OC(C)c4cccc(C(F)(F)F)c4)cc3)cc2)CC1. The number of nitrogens with one attached hydrogen (secondary N) is 1. The minimum atomic E-state index is -4.50. The van der Waals surface area contributed by atoms with E-state index in [0.29, 0.717) is 29.3 Å². The van der Waals surface area contributed by atoms with Gasteiger partial charge in [-0.1, -0.05) is 65.8 Å². The van der Waals surface area contributed by atoms with Crippen molar-refractivity contribution in [3.8, 4) is 22.5 Å². The predicted molar refractivity (Wildman–Crippen MR) is 150 cm³/mol. The number of hydrogen-bond acceptors (Lipinski definition) is 6. The Morgan fingerprint density at radius 2 is 1.62 bits per heavy atom. The van der Waals surface area contributed by atoms with Gasteiger partial charge in [0.25, 0.3) is 0 Å². The lowest BCUT2D eigenvalue weighted by Gasteiger charge is -2.16. The van der Waals surface area contributed by atoms with Crippen LogP contribution in [0.3, 0.4) is 0 Å². The van der Waals surface area contributed by atoms with Crippen LogP contribution in [-0.4, -0.2) is 23.8 Å². The van der Waals surface area contributed by atoms with E-state index < -0.39 is 29.4 Å². The number of carbonyl (C=O) groups excluding carboxylic acids is 2. The zero-order valence-corrected chi connectivity index (χ0v) is 23.2. The zero-order valence-electron chi connectivity index (χ0n) is 23.2. The number of hydrogen-bond donors (Lipinski definition) is 1. The fraction of sp³-hybridized carbons (Fsp3) is 0.281. The molecule has 10 heteroatoms. The Morgan fingerprint density at radius 1 is 1.00 bits per heavy atom. The fourth-order valence-electron chi connectivity index (χ4n) is 4.84. The number of esters is 1. The van der Waals surface area contributed by atoms with Gasteiger partial charge in [-0.3, -0.25) is 10.1 Å². The molecule has 218 valence electrons. The van der Waals surface area contributed by atoms with Crippen LogP contribution in [0.25, 0.3) is 22.5 Å². The van der Waals surface area contributed by atoms with Gasteiger partial charge < -0.3 is 14.0 Å². The lowest BCUT2D eigenvalue weighted by molar-refractivity contribution is -0.146. The topological polar surface area (TPSA) is 90.7 Å². The summed E-state index contributed by atoms with van der Waals surface area (Å²) >= 11 is 0. The first-order chi connectivity index (χ1) is 20.0. The lowest BCUT2D eigenvalue weighted by atomic mass is 9.93.